The average Bonchev–Trinajstić information content (AvgIpc) is 2.17. The number of amides is 2. The zero-order valence-corrected chi connectivity index (χ0v) is 8.50. The predicted octanol–water partition coefficient (Wildman–Crippen LogP) is -0.695. The van der Waals surface area contributed by atoms with E-state index in [2.05, 4.69) is 5.32 Å². The van der Waals surface area contributed by atoms with Crippen LogP contribution in [0.25, 0.3) is 0 Å². The number of halogens is 1. The van der Waals surface area contributed by atoms with E-state index in [1.54, 1.807) is 6.92 Å². The first-order valence-electron chi connectivity index (χ1n) is 4.96. The Balaban J connectivity index is 2.59. The highest BCUT2D eigenvalue weighted by Gasteiger charge is 2.37. The van der Waals surface area contributed by atoms with Crippen LogP contribution in [0.3, 0.4) is 0 Å². The highest BCUT2D eigenvalue weighted by atomic mass is 19.1. The zero-order chi connectivity index (χ0) is 11.4. The molecule has 1 aliphatic rings. The summed E-state index contributed by atoms with van der Waals surface area (Å²) in [5.74, 6) is -2.49. The second kappa shape index (κ2) is 5.06. The van der Waals surface area contributed by atoms with Gasteiger partial charge in [-0.1, -0.05) is 6.92 Å². The molecule has 0 aromatic heterocycles. The second-order valence-corrected chi connectivity index (χ2v) is 3.51. The van der Waals surface area contributed by atoms with Crippen LogP contribution in [-0.4, -0.2) is 35.9 Å². The van der Waals surface area contributed by atoms with Crippen molar-refractivity contribution in [2.45, 2.75) is 32.2 Å². The van der Waals surface area contributed by atoms with Gasteiger partial charge in [0.25, 0.3) is 0 Å². The maximum absolute atomic E-state index is 12.8. The number of alkyl halides is 1. The Morgan fingerprint density at radius 1 is 1.80 bits per heavy atom. The lowest BCUT2D eigenvalue weighted by Gasteiger charge is -2.26. The molecule has 0 aliphatic carbocycles. The predicted molar refractivity (Wildman–Crippen MR) is 50.5 cm³/mol. The van der Waals surface area contributed by atoms with Crippen molar-refractivity contribution in [1.82, 2.24) is 10.6 Å². The molecule has 3 atom stereocenters. The van der Waals surface area contributed by atoms with Gasteiger partial charge in [-0.15, -0.1) is 0 Å². The number of carbonyl (C=O) groups is 2. The summed E-state index contributed by atoms with van der Waals surface area (Å²) in [6.45, 7) is 1.92. The van der Waals surface area contributed by atoms with Crippen LogP contribution in [0.5, 0.6) is 0 Å². The Labute approximate surface area is 87.0 Å². The van der Waals surface area contributed by atoms with Crippen molar-refractivity contribution in [3.8, 4) is 0 Å². The second-order valence-electron chi connectivity index (χ2n) is 3.51. The fraction of sp³-hybridized carbons (Fsp3) is 0.778. The molecule has 1 heterocycles. The van der Waals surface area contributed by atoms with Gasteiger partial charge in [-0.3, -0.25) is 9.59 Å². The summed E-state index contributed by atoms with van der Waals surface area (Å²) in [7, 11) is 0. The first-order chi connectivity index (χ1) is 7.06. The van der Waals surface area contributed by atoms with Crippen molar-refractivity contribution in [1.29, 1.82) is 0 Å². The fourth-order valence-corrected chi connectivity index (χ4v) is 1.43. The number of aliphatic hydroxyl groups excluding tert-OH is 1. The van der Waals surface area contributed by atoms with Gasteiger partial charge in [0.1, 0.15) is 5.92 Å². The topological polar surface area (TPSA) is 78.4 Å². The molecule has 1 saturated heterocycles. The van der Waals surface area contributed by atoms with Crippen molar-refractivity contribution in [2.24, 2.45) is 5.92 Å². The lowest BCUT2D eigenvalue weighted by molar-refractivity contribution is -0.143. The van der Waals surface area contributed by atoms with Crippen LogP contribution in [-0.2, 0) is 9.59 Å². The molecule has 5 nitrogen and oxygen atoms in total. The lowest BCUT2D eigenvalue weighted by Crippen LogP contribution is -2.53. The molecule has 0 bridgehead atoms. The Kier molecular flexibility index (Phi) is 4.02. The van der Waals surface area contributed by atoms with Gasteiger partial charge in [0.2, 0.25) is 11.8 Å². The number of rotatable bonds is 3. The summed E-state index contributed by atoms with van der Waals surface area (Å²) >= 11 is 0. The molecule has 1 rings (SSSR count). The van der Waals surface area contributed by atoms with Crippen LogP contribution < -0.4 is 10.6 Å². The van der Waals surface area contributed by atoms with E-state index < -0.39 is 30.1 Å². The van der Waals surface area contributed by atoms with Gasteiger partial charge in [-0.05, 0) is 12.8 Å². The summed E-state index contributed by atoms with van der Waals surface area (Å²) in [4.78, 5) is 22.7. The molecule has 3 N–H and O–H groups in total. The number of hydrogen-bond donors (Lipinski definition) is 3. The van der Waals surface area contributed by atoms with Gasteiger partial charge in [-0.25, -0.2) is 4.39 Å². The molecule has 1 aliphatic heterocycles. The summed E-state index contributed by atoms with van der Waals surface area (Å²) < 4.78 is 12.8. The van der Waals surface area contributed by atoms with E-state index in [-0.39, 0.29) is 6.42 Å². The molecule has 0 radical (unpaired) electrons. The third-order valence-electron chi connectivity index (χ3n) is 2.35. The minimum atomic E-state index is -1.47. The van der Waals surface area contributed by atoms with Crippen molar-refractivity contribution < 1.29 is 19.1 Å². The third kappa shape index (κ3) is 2.89. The maximum atomic E-state index is 12.8. The van der Waals surface area contributed by atoms with Crippen LogP contribution in [0.1, 0.15) is 19.8 Å². The van der Waals surface area contributed by atoms with Crippen LogP contribution >= 0.6 is 0 Å². The van der Waals surface area contributed by atoms with Gasteiger partial charge in [-0.2, -0.15) is 0 Å². The first kappa shape index (κ1) is 11.9. The van der Waals surface area contributed by atoms with E-state index in [9.17, 15) is 19.1 Å². The molecule has 86 valence electrons. The fourth-order valence-electron chi connectivity index (χ4n) is 1.43. The molecule has 0 aromatic rings. The number of nitrogens with one attached hydrogen (secondary N) is 2. The maximum Gasteiger partial charge on any atom is 0.237 e. The van der Waals surface area contributed by atoms with Gasteiger partial charge in [0, 0.05) is 6.54 Å². The highest BCUT2D eigenvalue weighted by molar-refractivity contribution is 6.01. The van der Waals surface area contributed by atoms with Crippen LogP contribution in [0.4, 0.5) is 4.39 Å². The number of piperidine rings is 1. The molecule has 0 aromatic carbocycles. The molecule has 1 fully saturated rings. The van der Waals surface area contributed by atoms with Crippen molar-refractivity contribution in [3.05, 3.63) is 0 Å². The normalized spacial score (nSPS) is 28.1. The monoisotopic (exact) mass is 218 g/mol. The molecule has 0 spiro atoms. The Morgan fingerprint density at radius 3 is 3.00 bits per heavy atom. The largest absolute Gasteiger partial charge is 0.392 e. The van der Waals surface area contributed by atoms with Gasteiger partial charge < -0.3 is 15.7 Å². The smallest absolute Gasteiger partial charge is 0.237 e. The van der Waals surface area contributed by atoms with Crippen LogP contribution in [0.2, 0.25) is 0 Å². The minimum absolute atomic E-state index is 0.135. The minimum Gasteiger partial charge on any atom is -0.392 e. The molecular weight excluding hydrogens is 203 g/mol. The number of hydrogen-bond acceptors (Lipinski definition) is 3. The molecule has 15 heavy (non-hydrogen) atoms. The highest BCUT2D eigenvalue weighted by Crippen LogP contribution is 2.13. The van der Waals surface area contributed by atoms with E-state index >= 15 is 0 Å². The molecule has 0 saturated carbocycles. The average molecular weight is 218 g/mol. The Bertz CT molecular complexity index is 260. The van der Waals surface area contributed by atoms with Gasteiger partial charge in [0.15, 0.2) is 6.30 Å². The quantitative estimate of drug-likeness (QED) is 0.433. The number of carbonyl (C=O) groups excluding carboxylic acids is 2. The summed E-state index contributed by atoms with van der Waals surface area (Å²) in [5, 5.41) is 13.9. The molecular formula is C9H15FN2O3. The van der Waals surface area contributed by atoms with E-state index in [1.165, 1.54) is 0 Å². The Morgan fingerprint density at radius 2 is 2.47 bits per heavy atom. The van der Waals surface area contributed by atoms with E-state index in [0.717, 1.165) is 0 Å². The molecule has 3 unspecified atom stereocenters. The van der Waals surface area contributed by atoms with Gasteiger partial charge in [0.05, 0.1) is 6.10 Å². The van der Waals surface area contributed by atoms with Crippen LogP contribution in [0.15, 0.2) is 0 Å². The van der Waals surface area contributed by atoms with Crippen LogP contribution in [0, 0.1) is 5.92 Å². The summed E-state index contributed by atoms with van der Waals surface area (Å²) in [6, 6.07) is 0. The lowest BCUT2D eigenvalue weighted by atomic mass is 9.94. The van der Waals surface area contributed by atoms with E-state index in [4.69, 9.17) is 0 Å². The zero-order valence-electron chi connectivity index (χ0n) is 8.50. The van der Waals surface area contributed by atoms with E-state index in [0.29, 0.717) is 13.0 Å². The van der Waals surface area contributed by atoms with Gasteiger partial charge >= 0.3 is 0 Å². The van der Waals surface area contributed by atoms with Crippen molar-refractivity contribution in [3.63, 3.8) is 0 Å². The third-order valence-corrected chi connectivity index (χ3v) is 2.35. The summed E-state index contributed by atoms with van der Waals surface area (Å²) in [6.07, 6.45) is -2.05. The first-order valence-corrected chi connectivity index (χ1v) is 4.96. The van der Waals surface area contributed by atoms with Crippen molar-refractivity contribution in [2.75, 3.05) is 6.54 Å². The molecule has 2 amide bonds. The number of aliphatic hydroxyl groups is 1. The Hall–Kier alpha value is -1.17. The molecule has 6 heteroatoms. The van der Waals surface area contributed by atoms with Crippen molar-refractivity contribution >= 4 is 11.8 Å². The SMILES string of the molecule is CCC(F)NC(=O)C1C(=O)NCCC1O. The summed E-state index contributed by atoms with van der Waals surface area (Å²) in [5.41, 5.74) is 0. The van der Waals surface area contributed by atoms with E-state index in [1.807, 2.05) is 5.32 Å². The standard InChI is InChI=1S/C9H15FN2O3/c1-2-6(10)12-9(15)7-5(13)3-4-11-8(7)14/h5-7,13H,2-4H2,1H3,(H,11,14)(H,12,15).